The van der Waals surface area contributed by atoms with E-state index in [2.05, 4.69) is 34.8 Å². The Balaban J connectivity index is 1.70. The monoisotopic (exact) mass is 326 g/mol. The van der Waals surface area contributed by atoms with E-state index >= 15 is 0 Å². The minimum Gasteiger partial charge on any atom is -0.335 e. The van der Waals surface area contributed by atoms with Crippen LogP contribution < -0.4 is 5.32 Å². The summed E-state index contributed by atoms with van der Waals surface area (Å²) < 4.78 is 2.18. The van der Waals surface area contributed by atoms with E-state index in [1.54, 1.807) is 0 Å². The van der Waals surface area contributed by atoms with Gasteiger partial charge in [-0.05, 0) is 50.8 Å². The number of hydrogen-bond acceptors (Lipinski definition) is 2. The van der Waals surface area contributed by atoms with Crippen molar-refractivity contribution in [3.63, 3.8) is 0 Å². The van der Waals surface area contributed by atoms with Gasteiger partial charge in [-0.3, -0.25) is 0 Å². The number of amides is 2. The quantitative estimate of drug-likeness (QED) is 0.929. The Morgan fingerprint density at radius 3 is 3.00 bits per heavy atom. The van der Waals surface area contributed by atoms with Crippen LogP contribution in [-0.4, -0.2) is 33.6 Å². The van der Waals surface area contributed by atoms with E-state index < -0.39 is 0 Å². The van der Waals surface area contributed by atoms with Gasteiger partial charge >= 0.3 is 6.03 Å². The number of imidazole rings is 1. The van der Waals surface area contributed by atoms with Crippen LogP contribution in [0.4, 0.5) is 10.5 Å². The molecule has 1 fully saturated rings. The van der Waals surface area contributed by atoms with Crippen molar-refractivity contribution in [1.29, 1.82) is 0 Å². The van der Waals surface area contributed by atoms with Crippen LogP contribution >= 0.6 is 0 Å². The molecule has 0 radical (unpaired) electrons. The minimum absolute atomic E-state index is 0.0111. The third-order valence-corrected chi connectivity index (χ3v) is 5.01. The smallest absolute Gasteiger partial charge is 0.321 e. The highest BCUT2D eigenvalue weighted by atomic mass is 16.2. The SMILES string of the molecule is CCn1ccnc1C1CCCN(C(=O)Nc2cccc(C)c2C)C1. The number of piperidine rings is 1. The Morgan fingerprint density at radius 1 is 1.38 bits per heavy atom. The standard InChI is InChI=1S/C19H26N4O/c1-4-22-12-10-20-18(22)16-8-6-11-23(13-16)19(24)21-17-9-5-7-14(2)15(17)3/h5,7,9-10,12,16H,4,6,8,11,13H2,1-3H3,(H,21,24). The third-order valence-electron chi connectivity index (χ3n) is 5.01. The number of aromatic nitrogens is 2. The van der Waals surface area contributed by atoms with Gasteiger partial charge in [0.25, 0.3) is 0 Å². The van der Waals surface area contributed by atoms with Gasteiger partial charge < -0.3 is 14.8 Å². The molecule has 1 aromatic heterocycles. The number of nitrogens with zero attached hydrogens (tertiary/aromatic N) is 3. The second-order valence-electron chi connectivity index (χ2n) is 6.53. The van der Waals surface area contributed by atoms with Gasteiger partial charge in [0, 0.05) is 43.6 Å². The summed E-state index contributed by atoms with van der Waals surface area (Å²) in [5, 5.41) is 3.07. The molecule has 2 heterocycles. The van der Waals surface area contributed by atoms with Gasteiger partial charge in [0.05, 0.1) is 0 Å². The van der Waals surface area contributed by atoms with Gasteiger partial charge in [0.1, 0.15) is 5.82 Å². The summed E-state index contributed by atoms with van der Waals surface area (Å²) in [5.74, 6) is 1.42. The zero-order chi connectivity index (χ0) is 17.1. The average Bonchev–Trinajstić information content (AvgIpc) is 3.08. The molecule has 1 atom stereocenters. The maximum atomic E-state index is 12.7. The van der Waals surface area contributed by atoms with Crippen LogP contribution in [0.15, 0.2) is 30.6 Å². The number of rotatable bonds is 3. The molecule has 0 saturated carbocycles. The van der Waals surface area contributed by atoms with Gasteiger partial charge in [-0.25, -0.2) is 9.78 Å². The average molecular weight is 326 g/mol. The van der Waals surface area contributed by atoms with E-state index in [9.17, 15) is 4.79 Å². The molecule has 5 heteroatoms. The van der Waals surface area contributed by atoms with Crippen molar-refractivity contribution >= 4 is 11.7 Å². The molecule has 24 heavy (non-hydrogen) atoms. The highest BCUT2D eigenvalue weighted by Gasteiger charge is 2.27. The van der Waals surface area contributed by atoms with Gasteiger partial charge in [-0.1, -0.05) is 12.1 Å². The maximum Gasteiger partial charge on any atom is 0.321 e. The molecule has 2 aromatic rings. The Morgan fingerprint density at radius 2 is 2.21 bits per heavy atom. The molecule has 0 bridgehead atoms. The maximum absolute atomic E-state index is 12.7. The second kappa shape index (κ2) is 7.07. The van der Waals surface area contributed by atoms with Crippen LogP contribution in [0.2, 0.25) is 0 Å². The Labute approximate surface area is 143 Å². The van der Waals surface area contributed by atoms with Gasteiger partial charge in [-0.15, -0.1) is 0 Å². The van der Waals surface area contributed by atoms with E-state index in [4.69, 9.17) is 0 Å². The third kappa shape index (κ3) is 3.30. The Kier molecular flexibility index (Phi) is 4.88. The van der Waals surface area contributed by atoms with E-state index in [0.717, 1.165) is 49.6 Å². The number of likely N-dealkylation sites (tertiary alicyclic amines) is 1. The fraction of sp³-hybridized carbons (Fsp3) is 0.474. The molecular weight excluding hydrogens is 300 g/mol. The predicted molar refractivity (Wildman–Crippen MR) is 96.4 cm³/mol. The summed E-state index contributed by atoms with van der Waals surface area (Å²) >= 11 is 0. The molecule has 128 valence electrons. The van der Waals surface area contributed by atoms with Gasteiger partial charge in [0.2, 0.25) is 0 Å². The molecule has 1 N–H and O–H groups in total. The molecule has 5 nitrogen and oxygen atoms in total. The fourth-order valence-electron chi connectivity index (χ4n) is 3.40. The van der Waals surface area contributed by atoms with Crippen LogP contribution in [-0.2, 0) is 6.54 Å². The molecule has 1 aliphatic rings. The molecule has 1 aromatic carbocycles. The first kappa shape index (κ1) is 16.6. The summed E-state index contributed by atoms with van der Waals surface area (Å²) in [6.07, 6.45) is 5.98. The molecule has 1 unspecified atom stereocenters. The number of urea groups is 1. The number of benzene rings is 1. The van der Waals surface area contributed by atoms with Crippen molar-refractivity contribution in [2.75, 3.05) is 18.4 Å². The fourth-order valence-corrected chi connectivity index (χ4v) is 3.40. The Bertz CT molecular complexity index is 722. The van der Waals surface area contributed by atoms with Crippen LogP contribution in [0.5, 0.6) is 0 Å². The van der Waals surface area contributed by atoms with E-state index in [1.165, 1.54) is 5.56 Å². The predicted octanol–water partition coefficient (Wildman–Crippen LogP) is 3.93. The van der Waals surface area contributed by atoms with E-state index in [1.807, 2.05) is 36.4 Å². The lowest BCUT2D eigenvalue weighted by Gasteiger charge is -2.32. The lowest BCUT2D eigenvalue weighted by Crippen LogP contribution is -2.42. The molecule has 1 saturated heterocycles. The molecule has 3 rings (SSSR count). The minimum atomic E-state index is -0.0111. The molecule has 1 aliphatic heterocycles. The topological polar surface area (TPSA) is 50.2 Å². The van der Waals surface area contributed by atoms with Crippen molar-refractivity contribution < 1.29 is 4.79 Å². The first-order valence-electron chi connectivity index (χ1n) is 8.73. The van der Waals surface area contributed by atoms with E-state index in [0.29, 0.717) is 5.92 Å². The van der Waals surface area contributed by atoms with Crippen molar-refractivity contribution in [2.24, 2.45) is 0 Å². The molecule has 2 amide bonds. The van der Waals surface area contributed by atoms with Gasteiger partial charge in [0.15, 0.2) is 0 Å². The first-order chi connectivity index (χ1) is 11.6. The van der Waals surface area contributed by atoms with Crippen LogP contribution in [0.25, 0.3) is 0 Å². The highest BCUT2D eigenvalue weighted by molar-refractivity contribution is 5.90. The van der Waals surface area contributed by atoms with Crippen LogP contribution in [0, 0.1) is 13.8 Å². The number of carbonyl (C=O) groups is 1. The molecular formula is C19H26N4O. The van der Waals surface area contributed by atoms with Crippen LogP contribution in [0.3, 0.4) is 0 Å². The molecule has 0 aliphatic carbocycles. The van der Waals surface area contributed by atoms with Crippen molar-refractivity contribution in [2.45, 2.75) is 46.1 Å². The number of anilines is 1. The van der Waals surface area contributed by atoms with Crippen molar-refractivity contribution in [3.05, 3.63) is 47.5 Å². The van der Waals surface area contributed by atoms with Crippen molar-refractivity contribution in [3.8, 4) is 0 Å². The zero-order valence-corrected chi connectivity index (χ0v) is 14.7. The summed E-state index contributed by atoms with van der Waals surface area (Å²) in [5.41, 5.74) is 3.22. The number of hydrogen-bond donors (Lipinski definition) is 1. The molecule has 0 spiro atoms. The number of nitrogens with one attached hydrogen (secondary N) is 1. The lowest BCUT2D eigenvalue weighted by atomic mass is 9.97. The largest absolute Gasteiger partial charge is 0.335 e. The summed E-state index contributed by atoms with van der Waals surface area (Å²) in [6.45, 7) is 8.68. The zero-order valence-electron chi connectivity index (χ0n) is 14.7. The summed E-state index contributed by atoms with van der Waals surface area (Å²) in [7, 11) is 0. The first-order valence-corrected chi connectivity index (χ1v) is 8.73. The number of carbonyl (C=O) groups excluding carboxylic acids is 1. The lowest BCUT2D eigenvalue weighted by molar-refractivity contribution is 0.190. The number of aryl methyl sites for hydroxylation is 2. The normalized spacial score (nSPS) is 17.8. The van der Waals surface area contributed by atoms with Crippen molar-refractivity contribution in [1.82, 2.24) is 14.5 Å². The van der Waals surface area contributed by atoms with Gasteiger partial charge in [-0.2, -0.15) is 0 Å². The Hall–Kier alpha value is -2.30. The summed E-state index contributed by atoms with van der Waals surface area (Å²) in [4.78, 5) is 19.1. The second-order valence-corrected chi connectivity index (χ2v) is 6.53. The summed E-state index contributed by atoms with van der Waals surface area (Å²) in [6, 6.07) is 6.00. The highest BCUT2D eigenvalue weighted by Crippen LogP contribution is 2.27. The van der Waals surface area contributed by atoms with E-state index in [-0.39, 0.29) is 6.03 Å². The van der Waals surface area contributed by atoms with Crippen LogP contribution in [0.1, 0.15) is 42.6 Å².